The number of carbonyl (C=O) groups excluding carboxylic acids is 1. The summed E-state index contributed by atoms with van der Waals surface area (Å²) in [6.07, 6.45) is 0. The number of nitrogens with one attached hydrogen (secondary N) is 1. The average Bonchev–Trinajstić information content (AvgIpc) is 2.13. The summed E-state index contributed by atoms with van der Waals surface area (Å²) in [5.41, 5.74) is 1.65. The Morgan fingerprint density at radius 2 is 2.30 bits per heavy atom. The molecule has 0 aliphatic heterocycles. The largest absolute Gasteiger partial charge is 0.355 e. The molecule has 0 unspecified atom stereocenters. The van der Waals surface area contributed by atoms with Gasteiger partial charge in [-0.15, -0.1) is 0 Å². The van der Waals surface area contributed by atoms with E-state index in [2.05, 4.69) is 20.9 Å². The SMILES string of the molecule is CC(=O)c1cc(Br)c(C)[nH]1. The molecule has 0 fully saturated rings. The third-order valence-corrected chi connectivity index (χ3v) is 2.15. The van der Waals surface area contributed by atoms with Crippen molar-refractivity contribution in [3.05, 3.63) is 21.9 Å². The first-order valence-corrected chi connectivity index (χ1v) is 3.76. The second-order valence-electron chi connectivity index (χ2n) is 2.21. The van der Waals surface area contributed by atoms with Crippen molar-refractivity contribution in [2.75, 3.05) is 0 Å². The maximum atomic E-state index is 10.8. The summed E-state index contributed by atoms with van der Waals surface area (Å²) in [7, 11) is 0. The number of ketones is 1. The average molecular weight is 202 g/mol. The van der Waals surface area contributed by atoms with Gasteiger partial charge in [0.25, 0.3) is 0 Å². The molecule has 1 heterocycles. The maximum Gasteiger partial charge on any atom is 0.175 e. The highest BCUT2D eigenvalue weighted by Gasteiger charge is 2.03. The summed E-state index contributed by atoms with van der Waals surface area (Å²) in [5.74, 6) is 0.0637. The molecule has 0 radical (unpaired) electrons. The van der Waals surface area contributed by atoms with Gasteiger partial charge in [0.1, 0.15) is 0 Å². The number of rotatable bonds is 1. The normalized spacial score (nSPS) is 9.90. The smallest absolute Gasteiger partial charge is 0.175 e. The van der Waals surface area contributed by atoms with Crippen LogP contribution < -0.4 is 0 Å². The van der Waals surface area contributed by atoms with Gasteiger partial charge in [-0.3, -0.25) is 4.79 Å². The molecule has 3 heteroatoms. The lowest BCUT2D eigenvalue weighted by Gasteiger charge is -1.84. The highest BCUT2D eigenvalue weighted by Crippen LogP contribution is 2.16. The van der Waals surface area contributed by atoms with Gasteiger partial charge in [0.15, 0.2) is 5.78 Å². The highest BCUT2D eigenvalue weighted by molar-refractivity contribution is 9.10. The van der Waals surface area contributed by atoms with Gasteiger partial charge in [-0.05, 0) is 28.9 Å². The first-order chi connectivity index (χ1) is 4.61. The minimum atomic E-state index is 0.0637. The van der Waals surface area contributed by atoms with E-state index in [1.165, 1.54) is 6.92 Å². The van der Waals surface area contributed by atoms with E-state index in [9.17, 15) is 4.79 Å². The second-order valence-corrected chi connectivity index (χ2v) is 3.07. The fraction of sp³-hybridized carbons (Fsp3) is 0.286. The molecule has 1 aromatic heterocycles. The quantitative estimate of drug-likeness (QED) is 0.696. The van der Waals surface area contributed by atoms with E-state index in [4.69, 9.17) is 0 Å². The monoisotopic (exact) mass is 201 g/mol. The third-order valence-electron chi connectivity index (χ3n) is 1.33. The lowest BCUT2D eigenvalue weighted by molar-refractivity contribution is 0.101. The fourth-order valence-electron chi connectivity index (χ4n) is 0.722. The second kappa shape index (κ2) is 2.58. The molecular weight excluding hydrogens is 194 g/mol. The van der Waals surface area contributed by atoms with Gasteiger partial charge in [0.05, 0.1) is 5.69 Å². The van der Waals surface area contributed by atoms with Crippen molar-refractivity contribution < 1.29 is 4.79 Å². The van der Waals surface area contributed by atoms with Gasteiger partial charge in [0, 0.05) is 17.1 Å². The van der Waals surface area contributed by atoms with E-state index >= 15 is 0 Å². The van der Waals surface area contributed by atoms with Crippen molar-refractivity contribution in [3.63, 3.8) is 0 Å². The summed E-state index contributed by atoms with van der Waals surface area (Å²) in [4.78, 5) is 13.7. The first-order valence-electron chi connectivity index (χ1n) is 2.97. The molecule has 1 aromatic rings. The van der Waals surface area contributed by atoms with Crippen molar-refractivity contribution in [1.29, 1.82) is 0 Å². The van der Waals surface area contributed by atoms with Gasteiger partial charge in [0.2, 0.25) is 0 Å². The van der Waals surface area contributed by atoms with Crippen molar-refractivity contribution in [2.24, 2.45) is 0 Å². The number of halogens is 1. The van der Waals surface area contributed by atoms with E-state index in [1.54, 1.807) is 6.07 Å². The Hall–Kier alpha value is -0.570. The first kappa shape index (κ1) is 7.54. The molecule has 2 nitrogen and oxygen atoms in total. The third kappa shape index (κ3) is 1.29. The lowest BCUT2D eigenvalue weighted by atomic mass is 10.3. The minimum absolute atomic E-state index is 0.0637. The molecule has 0 amide bonds. The maximum absolute atomic E-state index is 10.8. The molecule has 0 aliphatic rings. The predicted molar refractivity (Wildman–Crippen MR) is 43.2 cm³/mol. The summed E-state index contributed by atoms with van der Waals surface area (Å²) < 4.78 is 0.956. The fourth-order valence-corrected chi connectivity index (χ4v) is 1.05. The van der Waals surface area contributed by atoms with Crippen LogP contribution in [0.5, 0.6) is 0 Å². The molecule has 0 bridgehead atoms. The van der Waals surface area contributed by atoms with Crippen LogP contribution in [0.3, 0.4) is 0 Å². The van der Waals surface area contributed by atoms with Crippen LogP contribution in [0.1, 0.15) is 23.1 Å². The number of aromatic nitrogens is 1. The van der Waals surface area contributed by atoms with Crippen LogP contribution in [0.25, 0.3) is 0 Å². The standard InChI is InChI=1S/C7H8BrNO/c1-4-6(8)3-7(9-4)5(2)10/h3,9H,1-2H3. The predicted octanol–water partition coefficient (Wildman–Crippen LogP) is 2.29. The summed E-state index contributed by atoms with van der Waals surface area (Å²) in [5, 5.41) is 0. The zero-order valence-corrected chi connectivity index (χ0v) is 7.45. The summed E-state index contributed by atoms with van der Waals surface area (Å²) in [6, 6.07) is 1.79. The van der Waals surface area contributed by atoms with E-state index in [0.29, 0.717) is 5.69 Å². The Kier molecular flexibility index (Phi) is 1.94. The van der Waals surface area contributed by atoms with E-state index in [1.807, 2.05) is 6.92 Å². The zero-order chi connectivity index (χ0) is 7.72. The Balaban J connectivity index is 3.10. The number of carbonyl (C=O) groups is 1. The summed E-state index contributed by atoms with van der Waals surface area (Å²) >= 11 is 3.30. The van der Waals surface area contributed by atoms with Gasteiger partial charge in [-0.1, -0.05) is 0 Å². The number of hydrogen-bond acceptors (Lipinski definition) is 1. The van der Waals surface area contributed by atoms with Gasteiger partial charge in [-0.25, -0.2) is 0 Å². The highest BCUT2D eigenvalue weighted by atomic mass is 79.9. The minimum Gasteiger partial charge on any atom is -0.355 e. The number of aryl methyl sites for hydroxylation is 1. The van der Waals surface area contributed by atoms with Gasteiger partial charge < -0.3 is 4.98 Å². The van der Waals surface area contributed by atoms with Crippen LogP contribution in [0.4, 0.5) is 0 Å². The molecule has 10 heavy (non-hydrogen) atoms. The number of H-pyrrole nitrogens is 1. The Labute approximate surface area is 67.8 Å². The Morgan fingerprint density at radius 3 is 2.50 bits per heavy atom. The van der Waals surface area contributed by atoms with E-state index in [-0.39, 0.29) is 5.78 Å². The molecule has 1 N–H and O–H groups in total. The summed E-state index contributed by atoms with van der Waals surface area (Å²) in [6.45, 7) is 3.45. The molecule has 0 aromatic carbocycles. The molecular formula is C7H8BrNO. The van der Waals surface area contributed by atoms with Crippen molar-refractivity contribution in [2.45, 2.75) is 13.8 Å². The number of aromatic amines is 1. The van der Waals surface area contributed by atoms with Crippen molar-refractivity contribution in [1.82, 2.24) is 4.98 Å². The van der Waals surface area contributed by atoms with Crippen molar-refractivity contribution >= 4 is 21.7 Å². The van der Waals surface area contributed by atoms with Gasteiger partial charge in [-0.2, -0.15) is 0 Å². The molecule has 0 spiro atoms. The molecule has 0 atom stereocenters. The van der Waals surface area contributed by atoms with Crippen LogP contribution >= 0.6 is 15.9 Å². The molecule has 1 rings (SSSR count). The topological polar surface area (TPSA) is 32.9 Å². The molecule has 0 saturated carbocycles. The van der Waals surface area contributed by atoms with Crippen LogP contribution in [0.15, 0.2) is 10.5 Å². The molecule has 54 valence electrons. The lowest BCUT2D eigenvalue weighted by Crippen LogP contribution is -1.90. The van der Waals surface area contributed by atoms with E-state index < -0.39 is 0 Å². The molecule has 0 saturated heterocycles. The van der Waals surface area contributed by atoms with Crippen molar-refractivity contribution in [3.8, 4) is 0 Å². The molecule has 0 aliphatic carbocycles. The van der Waals surface area contributed by atoms with Crippen LogP contribution in [0.2, 0.25) is 0 Å². The van der Waals surface area contributed by atoms with Crippen LogP contribution in [-0.4, -0.2) is 10.8 Å². The van der Waals surface area contributed by atoms with Gasteiger partial charge >= 0.3 is 0 Å². The number of hydrogen-bond donors (Lipinski definition) is 1. The zero-order valence-electron chi connectivity index (χ0n) is 5.86. The number of Topliss-reactive ketones (excluding diaryl/α,β-unsaturated/α-hetero) is 1. The Morgan fingerprint density at radius 1 is 1.70 bits per heavy atom. The van der Waals surface area contributed by atoms with E-state index in [0.717, 1.165) is 10.2 Å². The van der Waals surface area contributed by atoms with Crippen LogP contribution in [-0.2, 0) is 0 Å². The van der Waals surface area contributed by atoms with Crippen LogP contribution in [0, 0.1) is 6.92 Å². The Bertz CT molecular complexity index is 245.